The second kappa shape index (κ2) is 6.27. The first-order valence-electron chi connectivity index (χ1n) is 6.26. The van der Waals surface area contributed by atoms with Crippen LogP contribution in [0.15, 0.2) is 42.5 Å². The number of carbonyl (C=O) groups is 2. The molecule has 0 radical (unpaired) electrons. The van der Waals surface area contributed by atoms with Gasteiger partial charge in [0.1, 0.15) is 10.1 Å². The van der Waals surface area contributed by atoms with Crippen LogP contribution >= 0.6 is 0 Å². The molecule has 0 aromatic heterocycles. The Morgan fingerprint density at radius 1 is 1.00 bits per heavy atom. The van der Waals surface area contributed by atoms with E-state index in [0.29, 0.717) is 11.1 Å². The molecule has 112 valence electrons. The van der Waals surface area contributed by atoms with Gasteiger partial charge in [-0.3, -0.25) is 9.59 Å². The molecule has 0 bridgehead atoms. The number of rotatable bonds is 3. The second-order valence-corrected chi connectivity index (χ2v) is 6.28. The molecule has 0 aliphatic heterocycles. The van der Waals surface area contributed by atoms with Crippen molar-refractivity contribution in [3.8, 4) is 11.1 Å². The molecule has 2 aromatic carbocycles. The van der Waals surface area contributed by atoms with Gasteiger partial charge in [-0.15, -0.1) is 0 Å². The standard InChI is InChI=1S/C15H10O6S.Na/c16-13(15(18)22(19,20)21)8-5-6-10-9-3-1-2-4-11(9)14(17)12(10)7-8;/h1-7,15,18H,(H,19,20,21);/q;+1/p-1. The van der Waals surface area contributed by atoms with E-state index >= 15 is 0 Å². The zero-order valence-corrected chi connectivity index (χ0v) is 14.8. The number of carbonyl (C=O) groups excluding carboxylic acids is 2. The van der Waals surface area contributed by atoms with E-state index < -0.39 is 21.3 Å². The van der Waals surface area contributed by atoms with Gasteiger partial charge in [-0.25, -0.2) is 8.42 Å². The summed E-state index contributed by atoms with van der Waals surface area (Å²) >= 11 is 0. The van der Waals surface area contributed by atoms with E-state index in [2.05, 4.69) is 0 Å². The monoisotopic (exact) mass is 340 g/mol. The van der Waals surface area contributed by atoms with Gasteiger partial charge in [0.15, 0.2) is 5.78 Å². The van der Waals surface area contributed by atoms with Gasteiger partial charge in [-0.05, 0) is 17.2 Å². The van der Waals surface area contributed by atoms with E-state index in [1.54, 1.807) is 24.3 Å². The molecule has 0 saturated heterocycles. The Bertz CT molecular complexity index is 919. The molecule has 23 heavy (non-hydrogen) atoms. The summed E-state index contributed by atoms with van der Waals surface area (Å²) in [6.07, 6.45) is 0. The molecule has 0 heterocycles. The molecule has 1 atom stereocenters. The fraction of sp³-hybridized carbons (Fsp3) is 0.0667. The third kappa shape index (κ3) is 3.03. The van der Waals surface area contributed by atoms with Gasteiger partial charge in [-0.1, -0.05) is 36.4 Å². The SMILES string of the molecule is O=C1c2ccccc2-c2ccc(C(=O)C(O)S(=O)(=O)[O-])cc21.[Na+]. The van der Waals surface area contributed by atoms with Crippen molar-refractivity contribution >= 4 is 21.7 Å². The number of hydrogen-bond donors (Lipinski definition) is 1. The maximum atomic E-state index is 12.3. The first-order chi connectivity index (χ1) is 10.3. The van der Waals surface area contributed by atoms with Gasteiger partial charge >= 0.3 is 29.6 Å². The maximum absolute atomic E-state index is 12.3. The molecule has 6 nitrogen and oxygen atoms in total. The zero-order valence-electron chi connectivity index (χ0n) is 12.0. The predicted octanol–water partition coefficient (Wildman–Crippen LogP) is -2.05. The minimum atomic E-state index is -5.16. The Morgan fingerprint density at radius 2 is 1.57 bits per heavy atom. The van der Waals surface area contributed by atoms with Crippen molar-refractivity contribution < 1.29 is 57.2 Å². The van der Waals surface area contributed by atoms with Crippen LogP contribution < -0.4 is 29.6 Å². The molecule has 3 rings (SSSR count). The number of benzene rings is 2. The fourth-order valence-electron chi connectivity index (χ4n) is 2.45. The van der Waals surface area contributed by atoms with Crippen LogP contribution in [0.3, 0.4) is 0 Å². The van der Waals surface area contributed by atoms with E-state index in [-0.39, 0.29) is 46.5 Å². The minimum absolute atomic E-state index is 0. The number of aliphatic hydroxyl groups excluding tert-OH is 1. The van der Waals surface area contributed by atoms with Crippen molar-refractivity contribution in [3.05, 3.63) is 59.2 Å². The number of aliphatic hydroxyl groups is 1. The van der Waals surface area contributed by atoms with Gasteiger partial charge < -0.3 is 9.66 Å². The molecular weight excluding hydrogens is 331 g/mol. The van der Waals surface area contributed by atoms with Gasteiger partial charge in [0.05, 0.1) is 0 Å². The molecular formula is C15H9NaO6S. The Hall–Kier alpha value is -1.35. The van der Waals surface area contributed by atoms with Crippen LogP contribution in [0.4, 0.5) is 0 Å². The first kappa shape index (κ1) is 18.0. The van der Waals surface area contributed by atoms with Crippen LogP contribution in [-0.4, -0.2) is 35.1 Å². The van der Waals surface area contributed by atoms with Gasteiger partial charge in [0.25, 0.3) is 0 Å². The summed E-state index contributed by atoms with van der Waals surface area (Å²) in [6, 6.07) is 10.9. The van der Waals surface area contributed by atoms with Gasteiger partial charge in [0.2, 0.25) is 11.2 Å². The Balaban J connectivity index is 0.00000192. The molecule has 1 unspecified atom stereocenters. The normalized spacial score (nSPS) is 13.7. The topological polar surface area (TPSA) is 112 Å². The molecule has 0 spiro atoms. The largest absolute Gasteiger partial charge is 1.00 e. The van der Waals surface area contributed by atoms with Crippen LogP contribution in [0, 0.1) is 0 Å². The van der Waals surface area contributed by atoms with E-state index in [9.17, 15) is 27.7 Å². The van der Waals surface area contributed by atoms with Crippen molar-refractivity contribution in [3.63, 3.8) is 0 Å². The van der Waals surface area contributed by atoms with Crippen molar-refractivity contribution in [2.45, 2.75) is 5.44 Å². The van der Waals surface area contributed by atoms with E-state index in [4.69, 9.17) is 0 Å². The average Bonchev–Trinajstić information content (AvgIpc) is 2.78. The first-order valence-corrected chi connectivity index (χ1v) is 7.73. The zero-order chi connectivity index (χ0) is 16.1. The molecule has 8 heteroatoms. The second-order valence-electron chi connectivity index (χ2n) is 4.84. The third-order valence-corrected chi connectivity index (χ3v) is 4.27. The Morgan fingerprint density at radius 3 is 2.17 bits per heavy atom. The fourth-order valence-corrected chi connectivity index (χ4v) is 2.85. The molecule has 0 fully saturated rings. The summed E-state index contributed by atoms with van der Waals surface area (Å²) < 4.78 is 32.2. The number of Topliss-reactive ketones (excluding diaryl/α,β-unsaturated/α-hetero) is 1. The molecule has 1 aliphatic carbocycles. The van der Waals surface area contributed by atoms with Gasteiger partial charge in [-0.2, -0.15) is 0 Å². The van der Waals surface area contributed by atoms with Crippen LogP contribution in [0.25, 0.3) is 11.1 Å². The number of ketones is 2. The van der Waals surface area contributed by atoms with Gasteiger partial charge in [0, 0.05) is 16.7 Å². The van der Waals surface area contributed by atoms with Crippen LogP contribution in [-0.2, 0) is 10.1 Å². The Kier molecular flexibility index (Phi) is 4.91. The summed E-state index contributed by atoms with van der Waals surface area (Å²) in [7, 11) is -5.16. The van der Waals surface area contributed by atoms with Crippen LogP contribution in [0.5, 0.6) is 0 Å². The molecule has 0 saturated carbocycles. The summed E-state index contributed by atoms with van der Waals surface area (Å²) in [5.74, 6) is -1.54. The van der Waals surface area contributed by atoms with Crippen LogP contribution in [0.2, 0.25) is 0 Å². The van der Waals surface area contributed by atoms with E-state index in [1.807, 2.05) is 0 Å². The van der Waals surface area contributed by atoms with Crippen molar-refractivity contribution in [1.82, 2.24) is 0 Å². The van der Waals surface area contributed by atoms with Crippen LogP contribution in [0.1, 0.15) is 26.3 Å². The summed E-state index contributed by atoms with van der Waals surface area (Å²) in [5.41, 5.74) is -0.812. The summed E-state index contributed by atoms with van der Waals surface area (Å²) in [5, 5.41) is 9.26. The maximum Gasteiger partial charge on any atom is 1.00 e. The smallest absolute Gasteiger partial charge is 0.746 e. The quantitative estimate of drug-likeness (QED) is 0.334. The predicted molar refractivity (Wildman–Crippen MR) is 75.3 cm³/mol. The summed E-state index contributed by atoms with van der Waals surface area (Å²) in [4.78, 5) is 24.1. The number of hydrogen-bond acceptors (Lipinski definition) is 6. The van der Waals surface area contributed by atoms with E-state index in [0.717, 1.165) is 5.56 Å². The Labute approximate surface area is 154 Å². The number of fused-ring (bicyclic) bond motifs is 3. The van der Waals surface area contributed by atoms with Crippen molar-refractivity contribution in [2.24, 2.45) is 0 Å². The third-order valence-electron chi connectivity index (χ3n) is 3.51. The van der Waals surface area contributed by atoms with Crippen molar-refractivity contribution in [2.75, 3.05) is 0 Å². The molecule has 2 aromatic rings. The minimum Gasteiger partial charge on any atom is -0.746 e. The van der Waals surface area contributed by atoms with Crippen molar-refractivity contribution in [1.29, 1.82) is 0 Å². The molecule has 1 N–H and O–H groups in total. The molecule has 0 amide bonds. The van der Waals surface area contributed by atoms with E-state index in [1.165, 1.54) is 18.2 Å². The average molecular weight is 340 g/mol. The summed E-state index contributed by atoms with van der Waals surface area (Å²) in [6.45, 7) is 0. The molecule has 1 aliphatic rings.